The number of hydrogen-bond donors (Lipinski definition) is 0. The third-order valence-electron chi connectivity index (χ3n) is 2.88. The Labute approximate surface area is 110 Å². The number of nitrogens with zero attached hydrogens (tertiary/aromatic N) is 2. The number of halogens is 2. The van der Waals surface area contributed by atoms with Gasteiger partial charge in [-0.2, -0.15) is 0 Å². The summed E-state index contributed by atoms with van der Waals surface area (Å²) in [5.41, 5.74) is 0.0807. The first-order valence-electron chi connectivity index (χ1n) is 5.76. The Morgan fingerprint density at radius 1 is 1.72 bits per heavy atom. The highest BCUT2D eigenvalue weighted by molar-refractivity contribution is 6.32. The summed E-state index contributed by atoms with van der Waals surface area (Å²) in [5, 5.41) is 0.0144. The number of aromatic nitrogens is 1. The molecule has 4 nitrogen and oxygen atoms in total. The van der Waals surface area contributed by atoms with Crippen LogP contribution in [0.25, 0.3) is 0 Å². The molecule has 1 aliphatic rings. The minimum atomic E-state index is -0.576. The molecule has 0 saturated carbocycles. The number of carbonyl (C=O) groups is 1. The van der Waals surface area contributed by atoms with Gasteiger partial charge in [-0.3, -0.25) is 4.79 Å². The topological polar surface area (TPSA) is 42.4 Å². The molecule has 0 spiro atoms. The zero-order valence-electron chi connectivity index (χ0n) is 10.0. The summed E-state index contributed by atoms with van der Waals surface area (Å²) < 4.78 is 18.5. The summed E-state index contributed by atoms with van der Waals surface area (Å²) >= 11 is 5.80. The first kappa shape index (κ1) is 13.2. The Morgan fingerprint density at radius 2 is 2.50 bits per heavy atom. The lowest BCUT2D eigenvalue weighted by Gasteiger charge is -2.21. The van der Waals surface area contributed by atoms with E-state index in [9.17, 15) is 9.18 Å². The van der Waals surface area contributed by atoms with E-state index in [4.69, 9.17) is 16.3 Å². The number of carbonyl (C=O) groups excluding carboxylic acids is 1. The Balaban J connectivity index is 2.07. The SMILES string of the molecule is CN(CC1CCCO1)C(=O)c1cc(F)cnc1Cl. The van der Waals surface area contributed by atoms with Crippen LogP contribution in [-0.2, 0) is 4.74 Å². The maximum atomic E-state index is 13.1. The van der Waals surface area contributed by atoms with E-state index in [2.05, 4.69) is 4.98 Å². The van der Waals surface area contributed by atoms with Crippen LogP contribution in [0.5, 0.6) is 0 Å². The Morgan fingerprint density at radius 3 is 3.17 bits per heavy atom. The van der Waals surface area contributed by atoms with Crippen LogP contribution >= 0.6 is 11.6 Å². The van der Waals surface area contributed by atoms with E-state index < -0.39 is 5.82 Å². The van der Waals surface area contributed by atoms with Crippen molar-refractivity contribution in [2.45, 2.75) is 18.9 Å². The van der Waals surface area contributed by atoms with Gasteiger partial charge in [0.2, 0.25) is 0 Å². The minimum Gasteiger partial charge on any atom is -0.376 e. The second-order valence-electron chi connectivity index (χ2n) is 4.31. The fraction of sp³-hybridized carbons (Fsp3) is 0.500. The fourth-order valence-corrected chi connectivity index (χ4v) is 2.14. The van der Waals surface area contributed by atoms with Gasteiger partial charge in [0.05, 0.1) is 17.9 Å². The summed E-state index contributed by atoms with van der Waals surface area (Å²) in [7, 11) is 1.64. The van der Waals surface area contributed by atoms with Crippen molar-refractivity contribution in [1.29, 1.82) is 0 Å². The highest BCUT2D eigenvalue weighted by Gasteiger charge is 2.22. The molecule has 2 rings (SSSR count). The average molecular weight is 273 g/mol. The summed E-state index contributed by atoms with van der Waals surface area (Å²) in [6.07, 6.45) is 2.99. The molecule has 0 radical (unpaired) electrons. The second kappa shape index (κ2) is 5.63. The van der Waals surface area contributed by atoms with Crippen LogP contribution < -0.4 is 0 Å². The molecule has 1 aliphatic heterocycles. The lowest BCUT2D eigenvalue weighted by atomic mass is 10.2. The highest BCUT2D eigenvalue weighted by Crippen LogP contribution is 2.18. The largest absolute Gasteiger partial charge is 0.376 e. The molecule has 1 saturated heterocycles. The molecule has 0 bridgehead atoms. The molecule has 0 aromatic carbocycles. The summed E-state index contributed by atoms with van der Waals surface area (Å²) in [6, 6.07) is 1.10. The maximum absolute atomic E-state index is 13.1. The number of likely N-dealkylation sites (N-methyl/N-ethyl adjacent to an activating group) is 1. The maximum Gasteiger partial charge on any atom is 0.256 e. The third kappa shape index (κ3) is 2.97. The second-order valence-corrected chi connectivity index (χ2v) is 4.67. The van der Waals surface area contributed by atoms with Crippen LogP contribution in [0.3, 0.4) is 0 Å². The number of rotatable bonds is 3. The van der Waals surface area contributed by atoms with Gasteiger partial charge in [0, 0.05) is 20.2 Å². The van der Waals surface area contributed by atoms with Crippen LogP contribution in [0.4, 0.5) is 4.39 Å². The van der Waals surface area contributed by atoms with Gasteiger partial charge in [-0.05, 0) is 18.9 Å². The van der Waals surface area contributed by atoms with E-state index in [1.807, 2.05) is 0 Å². The average Bonchev–Trinajstić information content (AvgIpc) is 2.84. The predicted molar refractivity (Wildman–Crippen MR) is 65.1 cm³/mol. The zero-order chi connectivity index (χ0) is 13.1. The van der Waals surface area contributed by atoms with Gasteiger partial charge in [0.1, 0.15) is 11.0 Å². The van der Waals surface area contributed by atoms with E-state index in [0.29, 0.717) is 6.54 Å². The Kier molecular flexibility index (Phi) is 4.14. The molecule has 1 atom stereocenters. The van der Waals surface area contributed by atoms with Crippen molar-refractivity contribution >= 4 is 17.5 Å². The number of pyridine rings is 1. The van der Waals surface area contributed by atoms with Crippen LogP contribution in [0.2, 0.25) is 5.15 Å². The molecule has 1 aromatic rings. The predicted octanol–water partition coefficient (Wildman–Crippen LogP) is 2.13. The van der Waals surface area contributed by atoms with Gasteiger partial charge < -0.3 is 9.64 Å². The molecule has 2 heterocycles. The molecule has 98 valence electrons. The molecule has 0 aliphatic carbocycles. The molecule has 6 heteroatoms. The monoisotopic (exact) mass is 272 g/mol. The van der Waals surface area contributed by atoms with Gasteiger partial charge in [-0.1, -0.05) is 11.6 Å². The van der Waals surface area contributed by atoms with Crippen molar-refractivity contribution in [2.75, 3.05) is 20.2 Å². The van der Waals surface area contributed by atoms with Crippen LogP contribution in [0, 0.1) is 5.82 Å². The first-order valence-corrected chi connectivity index (χ1v) is 6.14. The number of hydrogen-bond acceptors (Lipinski definition) is 3. The van der Waals surface area contributed by atoms with Crippen LogP contribution in [0.15, 0.2) is 12.3 Å². The molecule has 18 heavy (non-hydrogen) atoms. The van der Waals surface area contributed by atoms with E-state index in [1.54, 1.807) is 7.05 Å². The summed E-state index contributed by atoms with van der Waals surface area (Å²) in [4.78, 5) is 17.2. The lowest BCUT2D eigenvalue weighted by molar-refractivity contribution is 0.0586. The van der Waals surface area contributed by atoms with Crippen molar-refractivity contribution in [3.63, 3.8) is 0 Å². The third-order valence-corrected chi connectivity index (χ3v) is 3.19. The van der Waals surface area contributed by atoms with Gasteiger partial charge >= 0.3 is 0 Å². The summed E-state index contributed by atoms with van der Waals surface area (Å²) in [6.45, 7) is 1.21. The number of ether oxygens (including phenoxy) is 1. The molecular formula is C12H14ClFN2O2. The van der Waals surface area contributed by atoms with Gasteiger partial charge in [-0.25, -0.2) is 9.37 Å². The quantitative estimate of drug-likeness (QED) is 0.792. The van der Waals surface area contributed by atoms with Crippen molar-refractivity contribution in [1.82, 2.24) is 9.88 Å². The van der Waals surface area contributed by atoms with Crippen LogP contribution in [-0.4, -0.2) is 42.1 Å². The van der Waals surface area contributed by atoms with Gasteiger partial charge in [-0.15, -0.1) is 0 Å². The smallest absolute Gasteiger partial charge is 0.256 e. The Bertz CT molecular complexity index is 450. The molecule has 1 amide bonds. The summed E-state index contributed by atoms with van der Waals surface area (Å²) in [5.74, 6) is -0.921. The van der Waals surface area contributed by atoms with Crippen molar-refractivity contribution in [2.24, 2.45) is 0 Å². The van der Waals surface area contributed by atoms with E-state index in [1.165, 1.54) is 4.90 Å². The normalized spacial score (nSPS) is 18.9. The van der Waals surface area contributed by atoms with E-state index >= 15 is 0 Å². The molecule has 1 aromatic heterocycles. The fourth-order valence-electron chi connectivity index (χ4n) is 1.95. The van der Waals surface area contributed by atoms with Crippen LogP contribution in [0.1, 0.15) is 23.2 Å². The van der Waals surface area contributed by atoms with Crippen molar-refractivity contribution in [3.05, 3.63) is 28.8 Å². The Hall–Kier alpha value is -1.20. The first-order chi connectivity index (χ1) is 8.58. The lowest BCUT2D eigenvalue weighted by Crippen LogP contribution is -2.34. The van der Waals surface area contributed by atoms with E-state index in [0.717, 1.165) is 31.7 Å². The minimum absolute atomic E-state index is 0.0144. The molecular weight excluding hydrogens is 259 g/mol. The van der Waals surface area contributed by atoms with Gasteiger partial charge in [0.25, 0.3) is 5.91 Å². The van der Waals surface area contributed by atoms with Crippen molar-refractivity contribution in [3.8, 4) is 0 Å². The zero-order valence-corrected chi connectivity index (χ0v) is 10.8. The van der Waals surface area contributed by atoms with Gasteiger partial charge in [0.15, 0.2) is 0 Å². The standard InChI is InChI=1S/C12H14ClFN2O2/c1-16(7-9-3-2-4-18-9)12(17)10-5-8(14)6-15-11(10)13/h5-6,9H,2-4,7H2,1H3. The molecule has 1 unspecified atom stereocenters. The highest BCUT2D eigenvalue weighted by atomic mass is 35.5. The van der Waals surface area contributed by atoms with E-state index in [-0.39, 0.29) is 22.7 Å². The molecule has 0 N–H and O–H groups in total. The molecule has 1 fully saturated rings. The van der Waals surface area contributed by atoms with Crippen molar-refractivity contribution < 1.29 is 13.9 Å². The number of amides is 1.